The first-order chi connectivity index (χ1) is 5.70. The van der Waals surface area contributed by atoms with Crippen LogP contribution in [-0.2, 0) is 4.79 Å². The van der Waals surface area contributed by atoms with Gasteiger partial charge >= 0.3 is 5.97 Å². The molecule has 0 radical (unpaired) electrons. The van der Waals surface area contributed by atoms with Gasteiger partial charge in [-0.25, -0.2) is 0 Å². The molecule has 1 rings (SSSR count). The lowest BCUT2D eigenvalue weighted by atomic mass is 10.5. The van der Waals surface area contributed by atoms with E-state index in [0.717, 1.165) is 19.1 Å². The SMILES string of the molecule is CN(CCNCC(=O)O)C1CC1. The van der Waals surface area contributed by atoms with Gasteiger partial charge < -0.3 is 15.3 Å². The minimum atomic E-state index is -0.788. The fraction of sp³-hybridized carbons (Fsp3) is 0.875. The van der Waals surface area contributed by atoms with E-state index in [9.17, 15) is 4.79 Å². The molecule has 0 aromatic rings. The average molecular weight is 172 g/mol. The van der Waals surface area contributed by atoms with E-state index in [1.54, 1.807) is 0 Å². The molecule has 0 unspecified atom stereocenters. The molecule has 0 saturated heterocycles. The predicted molar refractivity (Wildman–Crippen MR) is 46.2 cm³/mol. The maximum Gasteiger partial charge on any atom is 0.317 e. The number of carboxylic acid groups (broad SMARTS) is 1. The number of carboxylic acids is 1. The molecule has 0 amide bonds. The van der Waals surface area contributed by atoms with Crippen LogP contribution in [0.15, 0.2) is 0 Å². The number of hydrogen-bond donors (Lipinski definition) is 2. The molecule has 70 valence electrons. The Morgan fingerprint density at radius 3 is 2.83 bits per heavy atom. The van der Waals surface area contributed by atoms with Gasteiger partial charge in [0.1, 0.15) is 0 Å². The van der Waals surface area contributed by atoms with E-state index in [0.29, 0.717) is 0 Å². The second kappa shape index (κ2) is 4.42. The Bertz CT molecular complexity index is 157. The highest BCUT2D eigenvalue weighted by Gasteiger charge is 2.25. The van der Waals surface area contributed by atoms with Gasteiger partial charge in [-0.05, 0) is 19.9 Å². The van der Waals surface area contributed by atoms with E-state index in [1.807, 2.05) is 0 Å². The monoisotopic (exact) mass is 172 g/mol. The molecule has 0 atom stereocenters. The zero-order valence-corrected chi connectivity index (χ0v) is 7.42. The highest BCUT2D eigenvalue weighted by atomic mass is 16.4. The van der Waals surface area contributed by atoms with Crippen LogP contribution in [0.1, 0.15) is 12.8 Å². The van der Waals surface area contributed by atoms with Crippen LogP contribution < -0.4 is 5.32 Å². The van der Waals surface area contributed by atoms with Crippen molar-refractivity contribution in [3.05, 3.63) is 0 Å². The van der Waals surface area contributed by atoms with Gasteiger partial charge in [0.05, 0.1) is 6.54 Å². The van der Waals surface area contributed by atoms with Crippen molar-refractivity contribution in [2.45, 2.75) is 18.9 Å². The third kappa shape index (κ3) is 3.69. The van der Waals surface area contributed by atoms with Crippen LogP contribution in [0.4, 0.5) is 0 Å². The second-order valence-corrected chi connectivity index (χ2v) is 3.28. The Labute approximate surface area is 72.6 Å². The molecule has 1 aliphatic carbocycles. The molecular formula is C8H16N2O2. The van der Waals surface area contributed by atoms with Crippen molar-refractivity contribution in [2.75, 3.05) is 26.7 Å². The van der Waals surface area contributed by atoms with Gasteiger partial charge in [-0.1, -0.05) is 0 Å². The largest absolute Gasteiger partial charge is 0.480 e. The van der Waals surface area contributed by atoms with Crippen molar-refractivity contribution < 1.29 is 9.90 Å². The second-order valence-electron chi connectivity index (χ2n) is 3.28. The number of aliphatic carboxylic acids is 1. The molecule has 0 aromatic carbocycles. The molecule has 0 spiro atoms. The minimum Gasteiger partial charge on any atom is -0.480 e. The summed E-state index contributed by atoms with van der Waals surface area (Å²) in [5, 5.41) is 11.2. The van der Waals surface area contributed by atoms with Crippen LogP contribution in [0.2, 0.25) is 0 Å². The molecule has 0 bridgehead atoms. The van der Waals surface area contributed by atoms with Crippen molar-refractivity contribution in [1.82, 2.24) is 10.2 Å². The van der Waals surface area contributed by atoms with Gasteiger partial charge in [0.25, 0.3) is 0 Å². The first-order valence-electron chi connectivity index (χ1n) is 4.33. The zero-order chi connectivity index (χ0) is 8.97. The molecule has 0 aliphatic heterocycles. The highest BCUT2D eigenvalue weighted by Crippen LogP contribution is 2.24. The number of nitrogens with zero attached hydrogens (tertiary/aromatic N) is 1. The van der Waals surface area contributed by atoms with Crippen LogP contribution in [0, 0.1) is 0 Å². The smallest absolute Gasteiger partial charge is 0.317 e. The normalized spacial score (nSPS) is 16.8. The van der Waals surface area contributed by atoms with Crippen molar-refractivity contribution in [3.8, 4) is 0 Å². The zero-order valence-electron chi connectivity index (χ0n) is 7.42. The first kappa shape index (κ1) is 9.48. The summed E-state index contributed by atoms with van der Waals surface area (Å²) < 4.78 is 0. The standard InChI is InChI=1S/C8H16N2O2/c1-10(7-2-3-7)5-4-9-6-8(11)12/h7,9H,2-6H2,1H3,(H,11,12). The third-order valence-electron chi connectivity index (χ3n) is 2.09. The lowest BCUT2D eigenvalue weighted by molar-refractivity contribution is -0.135. The highest BCUT2D eigenvalue weighted by molar-refractivity contribution is 5.68. The summed E-state index contributed by atoms with van der Waals surface area (Å²) in [7, 11) is 2.08. The summed E-state index contributed by atoms with van der Waals surface area (Å²) >= 11 is 0. The Kier molecular flexibility index (Phi) is 3.49. The van der Waals surface area contributed by atoms with Crippen LogP contribution in [-0.4, -0.2) is 48.7 Å². The third-order valence-corrected chi connectivity index (χ3v) is 2.09. The van der Waals surface area contributed by atoms with E-state index < -0.39 is 5.97 Å². The number of carbonyl (C=O) groups is 1. The predicted octanol–water partition coefficient (Wildman–Crippen LogP) is -0.245. The lowest BCUT2D eigenvalue weighted by Crippen LogP contribution is -2.33. The molecule has 2 N–H and O–H groups in total. The van der Waals surface area contributed by atoms with Crippen molar-refractivity contribution in [2.24, 2.45) is 0 Å². The molecule has 4 nitrogen and oxygen atoms in total. The minimum absolute atomic E-state index is 0.0680. The van der Waals surface area contributed by atoms with Crippen molar-refractivity contribution in [1.29, 1.82) is 0 Å². The summed E-state index contributed by atoms with van der Waals surface area (Å²) in [6, 6.07) is 0.761. The van der Waals surface area contributed by atoms with Crippen molar-refractivity contribution in [3.63, 3.8) is 0 Å². The van der Waals surface area contributed by atoms with E-state index in [2.05, 4.69) is 17.3 Å². The van der Waals surface area contributed by atoms with E-state index in [1.165, 1.54) is 12.8 Å². The summed E-state index contributed by atoms with van der Waals surface area (Å²) in [5.41, 5.74) is 0. The fourth-order valence-electron chi connectivity index (χ4n) is 1.15. The summed E-state index contributed by atoms with van der Waals surface area (Å²) in [6.45, 7) is 1.77. The van der Waals surface area contributed by atoms with Gasteiger partial charge in [0, 0.05) is 19.1 Å². The van der Waals surface area contributed by atoms with Gasteiger partial charge in [0.2, 0.25) is 0 Å². The van der Waals surface area contributed by atoms with E-state index in [-0.39, 0.29) is 6.54 Å². The number of hydrogen-bond acceptors (Lipinski definition) is 3. The Balaban J connectivity index is 1.90. The van der Waals surface area contributed by atoms with Crippen LogP contribution >= 0.6 is 0 Å². The summed E-state index contributed by atoms with van der Waals surface area (Å²) in [4.78, 5) is 12.4. The first-order valence-corrected chi connectivity index (χ1v) is 4.33. The summed E-state index contributed by atoms with van der Waals surface area (Å²) in [6.07, 6.45) is 2.60. The maximum atomic E-state index is 10.1. The molecular weight excluding hydrogens is 156 g/mol. The number of nitrogens with one attached hydrogen (secondary N) is 1. The fourth-order valence-corrected chi connectivity index (χ4v) is 1.15. The molecule has 1 aliphatic rings. The van der Waals surface area contributed by atoms with Gasteiger partial charge in [-0.2, -0.15) is 0 Å². The van der Waals surface area contributed by atoms with Crippen molar-refractivity contribution >= 4 is 5.97 Å². The Morgan fingerprint density at radius 2 is 2.33 bits per heavy atom. The Morgan fingerprint density at radius 1 is 1.67 bits per heavy atom. The van der Waals surface area contributed by atoms with Crippen LogP contribution in [0.5, 0.6) is 0 Å². The molecule has 4 heteroatoms. The molecule has 1 saturated carbocycles. The molecule has 1 fully saturated rings. The maximum absolute atomic E-state index is 10.1. The van der Waals surface area contributed by atoms with E-state index in [4.69, 9.17) is 5.11 Å². The Hall–Kier alpha value is -0.610. The van der Waals surface area contributed by atoms with E-state index >= 15 is 0 Å². The molecule has 0 aromatic heterocycles. The van der Waals surface area contributed by atoms with Crippen LogP contribution in [0.25, 0.3) is 0 Å². The number of likely N-dealkylation sites (N-methyl/N-ethyl adjacent to an activating group) is 1. The van der Waals surface area contributed by atoms with Crippen LogP contribution in [0.3, 0.4) is 0 Å². The molecule has 12 heavy (non-hydrogen) atoms. The van der Waals surface area contributed by atoms with Gasteiger partial charge in [-0.15, -0.1) is 0 Å². The quantitative estimate of drug-likeness (QED) is 0.543. The number of rotatable bonds is 6. The summed E-state index contributed by atoms with van der Waals surface area (Å²) in [5.74, 6) is -0.788. The topological polar surface area (TPSA) is 52.6 Å². The lowest BCUT2D eigenvalue weighted by Gasteiger charge is -2.14. The van der Waals surface area contributed by atoms with Gasteiger partial charge in [-0.3, -0.25) is 4.79 Å². The average Bonchev–Trinajstić information content (AvgIpc) is 2.79. The molecule has 0 heterocycles. The van der Waals surface area contributed by atoms with Gasteiger partial charge in [0.15, 0.2) is 0 Å².